The van der Waals surface area contributed by atoms with Crippen molar-refractivity contribution in [2.45, 2.75) is 37.2 Å². The molecule has 4 nitrogen and oxygen atoms in total. The highest BCUT2D eigenvalue weighted by atomic mass is 32.1. The van der Waals surface area contributed by atoms with Crippen LogP contribution in [0.25, 0.3) is 0 Å². The van der Waals surface area contributed by atoms with Crippen molar-refractivity contribution in [3.05, 3.63) is 22.4 Å². The zero-order valence-electron chi connectivity index (χ0n) is 11.0. The first-order valence-corrected chi connectivity index (χ1v) is 7.84. The van der Waals surface area contributed by atoms with Gasteiger partial charge in [-0.25, -0.2) is 4.79 Å². The van der Waals surface area contributed by atoms with Crippen LogP contribution in [-0.4, -0.2) is 31.8 Å². The molecule has 1 saturated heterocycles. The number of carbonyl (C=O) groups is 1. The summed E-state index contributed by atoms with van der Waals surface area (Å²) in [4.78, 5) is 13.2. The number of carbonyl (C=O) groups excluding carboxylic acids is 1. The van der Waals surface area contributed by atoms with Crippen molar-refractivity contribution in [3.63, 3.8) is 0 Å². The van der Waals surface area contributed by atoms with Gasteiger partial charge in [-0.05, 0) is 37.1 Å². The largest absolute Gasteiger partial charge is 0.376 e. The Labute approximate surface area is 117 Å². The lowest BCUT2D eigenvalue weighted by atomic mass is 10.1. The van der Waals surface area contributed by atoms with E-state index in [4.69, 9.17) is 4.74 Å². The maximum absolute atomic E-state index is 11.8. The summed E-state index contributed by atoms with van der Waals surface area (Å²) in [6, 6.07) is 4.18. The molecule has 1 atom stereocenters. The highest BCUT2D eigenvalue weighted by Gasteiger charge is 2.45. The third-order valence-electron chi connectivity index (χ3n) is 4.00. The zero-order valence-corrected chi connectivity index (χ0v) is 11.8. The summed E-state index contributed by atoms with van der Waals surface area (Å²) in [5.41, 5.74) is 0.218. The van der Waals surface area contributed by atoms with Gasteiger partial charge in [0, 0.05) is 30.0 Å². The Bertz CT molecular complexity index is 423. The van der Waals surface area contributed by atoms with Crippen molar-refractivity contribution in [3.8, 4) is 0 Å². The van der Waals surface area contributed by atoms with Crippen LogP contribution in [0.3, 0.4) is 0 Å². The van der Waals surface area contributed by atoms with Crippen LogP contribution in [0.1, 0.15) is 30.6 Å². The van der Waals surface area contributed by atoms with Gasteiger partial charge in [-0.2, -0.15) is 0 Å². The lowest BCUT2D eigenvalue weighted by Gasteiger charge is -2.16. The molecule has 0 spiro atoms. The lowest BCUT2D eigenvalue weighted by Crippen LogP contribution is -2.42. The minimum Gasteiger partial charge on any atom is -0.376 e. The number of ether oxygens (including phenoxy) is 1. The minimum absolute atomic E-state index is 0.0710. The summed E-state index contributed by atoms with van der Waals surface area (Å²) in [5, 5.41) is 8.00. The van der Waals surface area contributed by atoms with Crippen LogP contribution in [-0.2, 0) is 10.2 Å². The Hall–Kier alpha value is -1.07. The van der Waals surface area contributed by atoms with E-state index < -0.39 is 0 Å². The van der Waals surface area contributed by atoms with E-state index in [0.29, 0.717) is 6.54 Å². The molecule has 2 aliphatic rings. The summed E-state index contributed by atoms with van der Waals surface area (Å²) in [6.45, 7) is 2.19. The first-order chi connectivity index (χ1) is 9.28. The van der Waals surface area contributed by atoms with E-state index in [1.54, 1.807) is 11.3 Å². The van der Waals surface area contributed by atoms with Gasteiger partial charge in [0.25, 0.3) is 0 Å². The second kappa shape index (κ2) is 5.51. The topological polar surface area (TPSA) is 50.4 Å². The van der Waals surface area contributed by atoms with Crippen LogP contribution in [0.4, 0.5) is 4.79 Å². The molecular formula is C14H20N2O2S. The smallest absolute Gasteiger partial charge is 0.314 e. The molecule has 2 fully saturated rings. The average Bonchev–Trinajstić information content (AvgIpc) is 2.90. The fourth-order valence-corrected chi connectivity index (χ4v) is 3.55. The van der Waals surface area contributed by atoms with Crippen molar-refractivity contribution in [1.82, 2.24) is 10.6 Å². The van der Waals surface area contributed by atoms with E-state index in [1.807, 2.05) is 0 Å². The molecule has 2 heterocycles. The summed E-state index contributed by atoms with van der Waals surface area (Å²) in [5.74, 6) is 0. The van der Waals surface area contributed by atoms with Gasteiger partial charge in [0.1, 0.15) is 0 Å². The number of hydrogen-bond acceptors (Lipinski definition) is 3. The molecule has 1 saturated carbocycles. The SMILES string of the molecule is O=C(NC[C@@H]1CCCO1)NCC1(c2cccs2)CC1. The summed E-state index contributed by atoms with van der Waals surface area (Å²) in [6.07, 6.45) is 4.73. The molecule has 1 aliphatic heterocycles. The van der Waals surface area contributed by atoms with Gasteiger partial charge in [0.15, 0.2) is 0 Å². The monoisotopic (exact) mass is 280 g/mol. The normalized spacial score (nSPS) is 24.1. The first-order valence-electron chi connectivity index (χ1n) is 6.96. The Balaban J connectivity index is 1.41. The van der Waals surface area contributed by atoms with Crippen LogP contribution in [0, 0.1) is 0 Å². The van der Waals surface area contributed by atoms with Crippen LogP contribution in [0.5, 0.6) is 0 Å². The number of hydrogen-bond donors (Lipinski definition) is 2. The summed E-state index contributed by atoms with van der Waals surface area (Å²) >= 11 is 1.79. The van der Waals surface area contributed by atoms with Crippen molar-refractivity contribution >= 4 is 17.4 Å². The lowest BCUT2D eigenvalue weighted by molar-refractivity contribution is 0.111. The first kappa shape index (κ1) is 12.9. The van der Waals surface area contributed by atoms with E-state index in [9.17, 15) is 4.79 Å². The number of thiophene rings is 1. The number of rotatable bonds is 5. The molecule has 0 unspecified atom stereocenters. The van der Waals surface area contributed by atoms with Crippen molar-refractivity contribution in [2.24, 2.45) is 0 Å². The Morgan fingerprint density at radius 3 is 3.00 bits per heavy atom. The van der Waals surface area contributed by atoms with E-state index in [2.05, 4.69) is 28.1 Å². The van der Waals surface area contributed by atoms with Gasteiger partial charge >= 0.3 is 6.03 Å². The molecule has 1 aromatic heterocycles. The third-order valence-corrected chi connectivity index (χ3v) is 5.12. The Kier molecular flexibility index (Phi) is 3.75. The van der Waals surface area contributed by atoms with Gasteiger partial charge in [0.05, 0.1) is 6.10 Å². The van der Waals surface area contributed by atoms with Gasteiger partial charge in [0.2, 0.25) is 0 Å². The van der Waals surface area contributed by atoms with Crippen molar-refractivity contribution in [1.29, 1.82) is 0 Å². The van der Waals surface area contributed by atoms with E-state index in [1.165, 1.54) is 17.7 Å². The van der Waals surface area contributed by atoms with Crippen LogP contribution < -0.4 is 10.6 Å². The highest BCUT2D eigenvalue weighted by molar-refractivity contribution is 7.10. The van der Waals surface area contributed by atoms with Crippen LogP contribution in [0.15, 0.2) is 17.5 Å². The molecule has 0 bridgehead atoms. The average molecular weight is 280 g/mol. The number of amides is 2. The van der Waals surface area contributed by atoms with E-state index in [-0.39, 0.29) is 17.6 Å². The molecule has 0 aromatic carbocycles. The summed E-state index contributed by atoms with van der Waals surface area (Å²) < 4.78 is 5.48. The number of urea groups is 1. The van der Waals surface area contributed by atoms with Gasteiger partial charge < -0.3 is 15.4 Å². The molecule has 5 heteroatoms. The Morgan fingerprint density at radius 2 is 2.37 bits per heavy atom. The van der Waals surface area contributed by atoms with Crippen LogP contribution in [0.2, 0.25) is 0 Å². The summed E-state index contributed by atoms with van der Waals surface area (Å²) in [7, 11) is 0. The highest BCUT2D eigenvalue weighted by Crippen LogP contribution is 2.49. The second-order valence-corrected chi connectivity index (χ2v) is 6.40. The second-order valence-electron chi connectivity index (χ2n) is 5.46. The van der Waals surface area contributed by atoms with Gasteiger partial charge in [-0.15, -0.1) is 11.3 Å². The molecule has 104 valence electrons. The van der Waals surface area contributed by atoms with Gasteiger partial charge in [-0.1, -0.05) is 6.07 Å². The van der Waals surface area contributed by atoms with E-state index in [0.717, 1.165) is 26.0 Å². The third kappa shape index (κ3) is 3.09. The molecule has 2 amide bonds. The van der Waals surface area contributed by atoms with Crippen molar-refractivity contribution < 1.29 is 9.53 Å². The number of nitrogens with one attached hydrogen (secondary N) is 2. The fourth-order valence-electron chi connectivity index (χ4n) is 2.57. The molecule has 3 rings (SSSR count). The van der Waals surface area contributed by atoms with Crippen molar-refractivity contribution in [2.75, 3.05) is 19.7 Å². The predicted octanol–water partition coefficient (Wildman–Crippen LogP) is 2.26. The zero-order chi connectivity index (χ0) is 13.1. The molecular weight excluding hydrogens is 260 g/mol. The quantitative estimate of drug-likeness (QED) is 0.869. The standard InChI is InChI=1S/C14H20N2O2S/c17-13(15-9-11-3-1-7-18-11)16-10-14(5-6-14)12-4-2-8-19-12/h2,4,8,11H,1,3,5-7,9-10H2,(H2,15,16,17)/t11-/m0/s1. The molecule has 2 N–H and O–H groups in total. The van der Waals surface area contributed by atoms with Crippen LogP contribution >= 0.6 is 11.3 Å². The minimum atomic E-state index is -0.0710. The fraction of sp³-hybridized carbons (Fsp3) is 0.643. The Morgan fingerprint density at radius 1 is 1.47 bits per heavy atom. The molecule has 19 heavy (non-hydrogen) atoms. The van der Waals surface area contributed by atoms with Gasteiger partial charge in [-0.3, -0.25) is 0 Å². The molecule has 0 radical (unpaired) electrons. The molecule has 1 aromatic rings. The maximum Gasteiger partial charge on any atom is 0.314 e. The maximum atomic E-state index is 11.8. The predicted molar refractivity (Wildman–Crippen MR) is 75.6 cm³/mol. The van der Waals surface area contributed by atoms with E-state index >= 15 is 0 Å². The molecule has 1 aliphatic carbocycles.